The van der Waals surface area contributed by atoms with Crippen LogP contribution in [0.15, 0.2) is 0 Å². The average Bonchev–Trinajstić information content (AvgIpc) is 2.83. The molecule has 0 aromatic rings. The van der Waals surface area contributed by atoms with Crippen molar-refractivity contribution in [2.75, 3.05) is 81.0 Å². The van der Waals surface area contributed by atoms with Gasteiger partial charge in [-0.2, -0.15) is 0 Å². The Morgan fingerprint density at radius 2 is 0.697 bits per heavy atom. The molecule has 33 heavy (non-hydrogen) atoms. The van der Waals surface area contributed by atoms with Crippen LogP contribution in [0.5, 0.6) is 0 Å². The van der Waals surface area contributed by atoms with Crippen molar-refractivity contribution in [1.29, 1.82) is 0 Å². The topological polar surface area (TPSA) is 153 Å². The van der Waals surface area contributed by atoms with Gasteiger partial charge in [-0.1, -0.05) is 0 Å². The molecule has 0 aliphatic carbocycles. The maximum Gasteiger partial charge on any atom is 0.222 e. The van der Waals surface area contributed by atoms with Crippen LogP contribution >= 0.6 is 0 Å². The van der Waals surface area contributed by atoms with Crippen molar-refractivity contribution in [3.63, 3.8) is 0 Å². The first-order chi connectivity index (χ1) is 15.8. The first-order valence-corrected chi connectivity index (χ1v) is 11.0. The van der Waals surface area contributed by atoms with Crippen molar-refractivity contribution in [3.8, 4) is 0 Å². The van der Waals surface area contributed by atoms with Crippen LogP contribution in [-0.4, -0.2) is 105 Å². The third-order valence-electron chi connectivity index (χ3n) is 4.64. The van der Waals surface area contributed by atoms with E-state index in [1.54, 1.807) is 28.2 Å². The molecule has 12 nitrogen and oxygen atoms in total. The summed E-state index contributed by atoms with van der Waals surface area (Å²) in [7, 11) is 6.20. The maximum absolute atomic E-state index is 11.5. The normalized spacial score (nSPS) is 11.0. The highest BCUT2D eigenvalue weighted by atomic mass is 16.5. The van der Waals surface area contributed by atoms with Crippen molar-refractivity contribution in [2.24, 2.45) is 5.41 Å². The predicted molar refractivity (Wildman–Crippen MR) is 120 cm³/mol. The van der Waals surface area contributed by atoms with Gasteiger partial charge in [-0.15, -0.1) is 0 Å². The molecule has 0 rings (SSSR count). The lowest BCUT2D eigenvalue weighted by Gasteiger charge is -2.33. The number of rotatable bonds is 20. The van der Waals surface area contributed by atoms with E-state index in [1.165, 1.54) is 0 Å². The summed E-state index contributed by atoms with van der Waals surface area (Å²) < 4.78 is 22.9. The smallest absolute Gasteiger partial charge is 0.222 e. The summed E-state index contributed by atoms with van der Waals surface area (Å²) in [6.45, 7) is 1.39. The number of hydrogen-bond donors (Lipinski definition) is 4. The van der Waals surface area contributed by atoms with Gasteiger partial charge in [0.1, 0.15) is 0 Å². The van der Waals surface area contributed by atoms with E-state index in [0.717, 1.165) is 0 Å². The van der Waals surface area contributed by atoms with Crippen LogP contribution in [0.1, 0.15) is 25.7 Å². The minimum atomic E-state index is -0.767. The van der Waals surface area contributed by atoms with Gasteiger partial charge in [-0.05, 0) is 0 Å². The lowest BCUT2D eigenvalue weighted by molar-refractivity contribution is -0.128. The first-order valence-electron chi connectivity index (χ1n) is 11.0. The van der Waals surface area contributed by atoms with E-state index in [0.29, 0.717) is 0 Å². The number of carbonyl (C=O) groups is 4. The van der Waals surface area contributed by atoms with Gasteiger partial charge in [0.2, 0.25) is 23.6 Å². The second-order valence-electron chi connectivity index (χ2n) is 7.40. The molecule has 0 aromatic heterocycles. The van der Waals surface area contributed by atoms with Gasteiger partial charge in [-0.3, -0.25) is 19.2 Å². The summed E-state index contributed by atoms with van der Waals surface area (Å²) in [5.74, 6) is -0.589. The van der Waals surface area contributed by atoms with Crippen LogP contribution < -0.4 is 21.3 Å². The van der Waals surface area contributed by atoms with Crippen molar-refractivity contribution < 1.29 is 38.1 Å². The Hall–Kier alpha value is -2.28. The zero-order valence-corrected chi connectivity index (χ0v) is 20.3. The molecular formula is C21H40N4O8. The number of carbonyl (C=O) groups excluding carboxylic acids is 4. The molecule has 0 heterocycles. The predicted octanol–water partition coefficient (Wildman–Crippen LogP) is -1.42. The van der Waals surface area contributed by atoms with Crippen LogP contribution in [0, 0.1) is 5.41 Å². The molecule has 192 valence electrons. The fourth-order valence-electron chi connectivity index (χ4n) is 2.56. The molecule has 0 saturated heterocycles. The molecule has 0 atom stereocenters. The molecule has 0 aromatic carbocycles. The Morgan fingerprint density at radius 3 is 0.879 bits per heavy atom. The van der Waals surface area contributed by atoms with E-state index >= 15 is 0 Å². The van der Waals surface area contributed by atoms with Gasteiger partial charge in [0.15, 0.2) is 0 Å². The maximum atomic E-state index is 11.5. The van der Waals surface area contributed by atoms with E-state index < -0.39 is 5.41 Å². The molecule has 0 aliphatic rings. The third kappa shape index (κ3) is 16.1. The molecular weight excluding hydrogens is 436 g/mol. The van der Waals surface area contributed by atoms with E-state index in [9.17, 15) is 19.2 Å². The number of amides is 4. The van der Waals surface area contributed by atoms with Crippen LogP contribution in [0.25, 0.3) is 0 Å². The van der Waals surface area contributed by atoms with E-state index in [1.807, 2.05) is 0 Å². The molecule has 0 aliphatic heterocycles. The zero-order chi connectivity index (χ0) is 25.0. The van der Waals surface area contributed by atoms with Gasteiger partial charge in [0, 0.05) is 53.9 Å². The lowest BCUT2D eigenvalue weighted by Crippen LogP contribution is -2.42. The van der Waals surface area contributed by atoms with E-state index in [2.05, 4.69) is 21.3 Å². The highest BCUT2D eigenvalue weighted by molar-refractivity contribution is 5.76. The largest absolute Gasteiger partial charge is 0.380 e. The number of hydrogen-bond acceptors (Lipinski definition) is 8. The van der Waals surface area contributed by atoms with Crippen molar-refractivity contribution in [3.05, 3.63) is 0 Å². The van der Waals surface area contributed by atoms with Crippen LogP contribution in [0.2, 0.25) is 0 Å². The Morgan fingerprint density at radius 1 is 0.485 bits per heavy atom. The Labute approximate surface area is 195 Å². The molecule has 0 fully saturated rings. The molecule has 4 N–H and O–H groups in total. The highest BCUT2D eigenvalue weighted by Crippen LogP contribution is 2.21. The monoisotopic (exact) mass is 476 g/mol. The van der Waals surface area contributed by atoms with Gasteiger partial charge in [0.25, 0.3) is 0 Å². The molecule has 0 bridgehead atoms. The molecule has 12 heteroatoms. The van der Waals surface area contributed by atoms with Crippen molar-refractivity contribution >= 4 is 23.6 Å². The van der Waals surface area contributed by atoms with Gasteiger partial charge < -0.3 is 40.2 Å². The summed E-state index contributed by atoms with van der Waals surface area (Å²) in [4.78, 5) is 45.9. The quantitative estimate of drug-likeness (QED) is 0.156. The van der Waals surface area contributed by atoms with Crippen LogP contribution in [0.3, 0.4) is 0 Å². The Bertz CT molecular complexity index is 487. The standard InChI is InChI=1S/C21H40N4O8/c1-22-17(26)5-9-30-13-21(14-31-10-6-18(27)23-2,15-32-11-7-19(28)24-3)16-33-12-8-20(29)25-4/h5-16H2,1-4H3,(H,22,26)(H,23,27)(H,24,28)(H,25,29). The molecule has 0 saturated carbocycles. The molecule has 0 radical (unpaired) electrons. The minimum absolute atomic E-state index is 0.147. The van der Waals surface area contributed by atoms with Gasteiger partial charge in [-0.25, -0.2) is 0 Å². The molecule has 4 amide bonds. The minimum Gasteiger partial charge on any atom is -0.380 e. The Balaban J connectivity index is 5.09. The second kappa shape index (κ2) is 19.2. The summed E-state index contributed by atoms with van der Waals surface area (Å²) in [5, 5.41) is 10.1. The highest BCUT2D eigenvalue weighted by Gasteiger charge is 2.33. The molecule has 0 unspecified atom stereocenters. The summed E-state index contributed by atoms with van der Waals surface area (Å²) in [6.07, 6.45) is 0.774. The van der Waals surface area contributed by atoms with E-state index in [4.69, 9.17) is 18.9 Å². The fraction of sp³-hybridized carbons (Fsp3) is 0.810. The third-order valence-corrected chi connectivity index (χ3v) is 4.64. The summed E-state index contributed by atoms with van der Waals surface area (Å²) >= 11 is 0. The number of nitrogens with one attached hydrogen (secondary N) is 4. The fourth-order valence-corrected chi connectivity index (χ4v) is 2.56. The van der Waals surface area contributed by atoms with Gasteiger partial charge in [0.05, 0.1) is 58.3 Å². The van der Waals surface area contributed by atoms with Gasteiger partial charge >= 0.3 is 0 Å². The molecule has 0 spiro atoms. The van der Waals surface area contributed by atoms with Crippen LogP contribution in [0.4, 0.5) is 0 Å². The van der Waals surface area contributed by atoms with Crippen molar-refractivity contribution in [2.45, 2.75) is 25.7 Å². The lowest BCUT2D eigenvalue weighted by atomic mass is 9.92. The summed E-state index contributed by atoms with van der Waals surface area (Å²) in [5.41, 5.74) is -0.767. The second-order valence-corrected chi connectivity index (χ2v) is 7.40. The Kier molecular flexibility index (Phi) is 17.9. The van der Waals surface area contributed by atoms with Crippen LogP contribution in [-0.2, 0) is 38.1 Å². The summed E-state index contributed by atoms with van der Waals surface area (Å²) in [6, 6.07) is 0. The zero-order valence-electron chi connectivity index (χ0n) is 20.3. The SMILES string of the molecule is CNC(=O)CCOCC(COCCC(=O)NC)(COCCC(=O)NC)COCCC(=O)NC. The first kappa shape index (κ1) is 30.7. The van der Waals surface area contributed by atoms with E-state index in [-0.39, 0.29) is 102 Å². The van der Waals surface area contributed by atoms with Crippen molar-refractivity contribution in [1.82, 2.24) is 21.3 Å². The number of ether oxygens (including phenoxy) is 4. The average molecular weight is 477 g/mol.